The number of ether oxygens (including phenoxy) is 2. The average Bonchev–Trinajstić information content (AvgIpc) is 2.89. The van der Waals surface area contributed by atoms with Gasteiger partial charge in [-0.25, -0.2) is 0 Å². The zero-order chi connectivity index (χ0) is 13.7. The van der Waals surface area contributed by atoms with Gasteiger partial charge in [-0.3, -0.25) is 0 Å². The summed E-state index contributed by atoms with van der Waals surface area (Å²) in [4.78, 5) is 0. The molecule has 2 rings (SSSR count). The van der Waals surface area contributed by atoms with Crippen molar-refractivity contribution in [1.29, 1.82) is 0 Å². The molecule has 0 heterocycles. The first kappa shape index (κ1) is 13.9. The third kappa shape index (κ3) is 3.99. The Morgan fingerprint density at radius 2 is 2.11 bits per heavy atom. The first-order chi connectivity index (χ1) is 9.19. The van der Waals surface area contributed by atoms with Crippen molar-refractivity contribution in [3.8, 4) is 11.5 Å². The van der Waals surface area contributed by atoms with E-state index in [0.717, 1.165) is 29.9 Å². The van der Waals surface area contributed by atoms with Gasteiger partial charge < -0.3 is 20.5 Å². The summed E-state index contributed by atoms with van der Waals surface area (Å²) >= 11 is 4.80. The molecule has 1 aromatic carbocycles. The summed E-state index contributed by atoms with van der Waals surface area (Å²) in [5.74, 6) is 1.57. The largest absolute Gasteiger partial charge is 0.493 e. The Hall–Kier alpha value is -1.49. The predicted octanol–water partition coefficient (Wildman–Crippen LogP) is 2.35. The van der Waals surface area contributed by atoms with Gasteiger partial charge in [0, 0.05) is 6.54 Å². The predicted molar refractivity (Wildman–Crippen MR) is 79.5 cm³/mol. The van der Waals surface area contributed by atoms with Crippen molar-refractivity contribution in [3.05, 3.63) is 23.8 Å². The van der Waals surface area contributed by atoms with E-state index < -0.39 is 0 Å². The number of methoxy groups -OCH3 is 1. The lowest BCUT2D eigenvalue weighted by Crippen LogP contribution is -2.28. The molecule has 3 N–H and O–H groups in total. The fraction of sp³-hybridized carbons (Fsp3) is 0.500. The van der Waals surface area contributed by atoms with Crippen LogP contribution in [0.25, 0.3) is 0 Å². The first-order valence-corrected chi connectivity index (χ1v) is 6.96. The van der Waals surface area contributed by atoms with Crippen molar-refractivity contribution in [2.75, 3.05) is 7.11 Å². The van der Waals surface area contributed by atoms with Crippen molar-refractivity contribution in [1.82, 2.24) is 5.32 Å². The Balaban J connectivity index is 2.08. The Morgan fingerprint density at radius 1 is 1.37 bits per heavy atom. The lowest BCUT2D eigenvalue weighted by Gasteiger charge is -2.17. The first-order valence-electron chi connectivity index (χ1n) is 6.56. The van der Waals surface area contributed by atoms with Crippen LogP contribution in [0.1, 0.15) is 31.2 Å². The maximum atomic E-state index is 6.03. The van der Waals surface area contributed by atoms with Gasteiger partial charge in [0.15, 0.2) is 16.6 Å². The zero-order valence-electron chi connectivity index (χ0n) is 11.1. The number of benzene rings is 1. The van der Waals surface area contributed by atoms with E-state index in [1.54, 1.807) is 7.11 Å². The summed E-state index contributed by atoms with van der Waals surface area (Å²) in [5.41, 5.74) is 6.50. The van der Waals surface area contributed by atoms with Crippen molar-refractivity contribution in [2.45, 2.75) is 38.3 Å². The molecule has 0 bridgehead atoms. The van der Waals surface area contributed by atoms with Crippen LogP contribution in [0.3, 0.4) is 0 Å². The van der Waals surface area contributed by atoms with E-state index >= 15 is 0 Å². The Morgan fingerprint density at radius 3 is 2.74 bits per heavy atom. The third-order valence-corrected chi connectivity index (χ3v) is 3.43. The van der Waals surface area contributed by atoms with Crippen molar-refractivity contribution >= 4 is 17.3 Å². The van der Waals surface area contributed by atoms with Crippen LogP contribution < -0.4 is 20.5 Å². The highest BCUT2D eigenvalue weighted by molar-refractivity contribution is 7.80. The van der Waals surface area contributed by atoms with E-state index in [1.807, 2.05) is 18.2 Å². The van der Waals surface area contributed by atoms with Gasteiger partial charge in [0.05, 0.1) is 13.2 Å². The highest BCUT2D eigenvalue weighted by atomic mass is 32.1. The molecule has 0 atom stereocenters. The second-order valence-electron chi connectivity index (χ2n) is 4.73. The molecule has 19 heavy (non-hydrogen) atoms. The number of nitrogens with two attached hydrogens (primary N) is 1. The molecule has 0 saturated heterocycles. The average molecular weight is 280 g/mol. The molecule has 1 aliphatic rings. The molecule has 104 valence electrons. The summed E-state index contributed by atoms with van der Waals surface area (Å²) < 4.78 is 11.4. The molecule has 0 aliphatic heterocycles. The fourth-order valence-electron chi connectivity index (χ4n) is 2.30. The summed E-state index contributed by atoms with van der Waals surface area (Å²) in [5, 5.41) is 3.23. The van der Waals surface area contributed by atoms with E-state index in [0.29, 0.717) is 17.8 Å². The Kier molecular flexibility index (Phi) is 4.85. The molecule has 0 radical (unpaired) electrons. The fourth-order valence-corrected chi connectivity index (χ4v) is 2.37. The SMILES string of the molecule is COc1ccc(CNC(N)=S)cc1OC1CCCC1. The van der Waals surface area contributed by atoms with Gasteiger partial charge in [0.2, 0.25) is 0 Å². The van der Waals surface area contributed by atoms with Crippen molar-refractivity contribution in [3.63, 3.8) is 0 Å². The van der Waals surface area contributed by atoms with Crippen LogP contribution >= 0.6 is 12.2 Å². The van der Waals surface area contributed by atoms with Gasteiger partial charge in [-0.15, -0.1) is 0 Å². The Bertz CT molecular complexity index is 445. The van der Waals surface area contributed by atoms with Crippen molar-refractivity contribution in [2.24, 2.45) is 5.73 Å². The topological polar surface area (TPSA) is 56.5 Å². The van der Waals surface area contributed by atoms with E-state index in [4.69, 9.17) is 27.4 Å². The summed E-state index contributed by atoms with van der Waals surface area (Å²) in [6.07, 6.45) is 5.05. The molecule has 1 saturated carbocycles. The molecule has 0 aromatic heterocycles. The van der Waals surface area contributed by atoms with Crippen LogP contribution in [-0.4, -0.2) is 18.3 Å². The number of thiocarbonyl (C=S) groups is 1. The second-order valence-corrected chi connectivity index (χ2v) is 5.17. The number of nitrogens with one attached hydrogen (secondary N) is 1. The van der Waals surface area contributed by atoms with Crippen LogP contribution in [0, 0.1) is 0 Å². The van der Waals surface area contributed by atoms with Gasteiger partial charge in [0.25, 0.3) is 0 Å². The minimum Gasteiger partial charge on any atom is -0.493 e. The van der Waals surface area contributed by atoms with Crippen LogP contribution in [0.2, 0.25) is 0 Å². The smallest absolute Gasteiger partial charge is 0.163 e. The van der Waals surface area contributed by atoms with Crippen LogP contribution in [-0.2, 0) is 6.54 Å². The van der Waals surface area contributed by atoms with Crippen LogP contribution in [0.4, 0.5) is 0 Å². The molecule has 1 aromatic rings. The third-order valence-electron chi connectivity index (χ3n) is 3.29. The molecular weight excluding hydrogens is 260 g/mol. The van der Waals surface area contributed by atoms with E-state index in [1.165, 1.54) is 12.8 Å². The summed E-state index contributed by atoms with van der Waals surface area (Å²) in [6.45, 7) is 0.598. The molecule has 1 fully saturated rings. The van der Waals surface area contributed by atoms with E-state index in [2.05, 4.69) is 5.32 Å². The molecule has 0 unspecified atom stereocenters. The quantitative estimate of drug-likeness (QED) is 0.811. The molecule has 0 amide bonds. The monoisotopic (exact) mass is 280 g/mol. The van der Waals surface area contributed by atoms with Crippen LogP contribution in [0.15, 0.2) is 18.2 Å². The van der Waals surface area contributed by atoms with Gasteiger partial charge in [-0.1, -0.05) is 6.07 Å². The van der Waals surface area contributed by atoms with Crippen LogP contribution in [0.5, 0.6) is 11.5 Å². The number of hydrogen-bond acceptors (Lipinski definition) is 3. The van der Waals surface area contributed by atoms with Gasteiger partial charge >= 0.3 is 0 Å². The zero-order valence-corrected chi connectivity index (χ0v) is 12.0. The molecule has 0 spiro atoms. The Labute approximate surface area is 119 Å². The lowest BCUT2D eigenvalue weighted by molar-refractivity contribution is 0.200. The standard InChI is InChI=1S/C14H20N2O2S/c1-17-12-7-6-10(9-16-14(15)19)8-13(12)18-11-4-2-3-5-11/h6-8,11H,2-5,9H2,1H3,(H3,15,16,19). The van der Waals surface area contributed by atoms with Gasteiger partial charge in [-0.2, -0.15) is 0 Å². The highest BCUT2D eigenvalue weighted by Gasteiger charge is 2.18. The summed E-state index contributed by atoms with van der Waals surface area (Å²) in [6, 6.07) is 5.88. The second kappa shape index (κ2) is 6.61. The molecule has 4 nitrogen and oxygen atoms in total. The highest BCUT2D eigenvalue weighted by Crippen LogP contribution is 2.32. The summed E-state index contributed by atoms with van der Waals surface area (Å²) in [7, 11) is 1.66. The molecule has 1 aliphatic carbocycles. The maximum absolute atomic E-state index is 6.03. The van der Waals surface area contributed by atoms with Gasteiger partial charge in [0.1, 0.15) is 0 Å². The maximum Gasteiger partial charge on any atom is 0.163 e. The number of rotatable bonds is 5. The van der Waals surface area contributed by atoms with E-state index in [-0.39, 0.29) is 0 Å². The normalized spacial score (nSPS) is 15.2. The van der Waals surface area contributed by atoms with Crippen molar-refractivity contribution < 1.29 is 9.47 Å². The molecule has 5 heteroatoms. The minimum absolute atomic E-state index is 0.300. The lowest BCUT2D eigenvalue weighted by atomic mass is 10.2. The number of hydrogen-bond donors (Lipinski definition) is 2. The van der Waals surface area contributed by atoms with Gasteiger partial charge in [-0.05, 0) is 55.6 Å². The molecular formula is C14H20N2O2S. The minimum atomic E-state index is 0.300. The van der Waals surface area contributed by atoms with E-state index in [9.17, 15) is 0 Å².